The molecule has 1 rings (SSSR count). The van der Waals surface area contributed by atoms with Crippen LogP contribution in [-0.2, 0) is 9.53 Å². The van der Waals surface area contributed by atoms with Crippen LogP contribution in [0.1, 0.15) is 10.9 Å². The molecule has 5 heteroatoms. The number of methoxy groups -OCH3 is 1. The molecule has 0 aliphatic rings. The maximum absolute atomic E-state index is 11.0. The first-order valence-electron chi connectivity index (χ1n) is 3.23. The van der Waals surface area contributed by atoms with Gasteiger partial charge in [0.1, 0.15) is 6.04 Å². The molecular weight excluding hydrogens is 198 g/mol. The monoisotopic (exact) mass is 205 g/mol. The second-order valence-electron chi connectivity index (χ2n) is 2.13. The van der Waals surface area contributed by atoms with Gasteiger partial charge in [-0.05, 0) is 11.4 Å². The van der Waals surface area contributed by atoms with Crippen LogP contribution < -0.4 is 5.73 Å². The number of rotatable bonds is 2. The molecule has 0 spiro atoms. The van der Waals surface area contributed by atoms with Crippen LogP contribution in [0.25, 0.3) is 0 Å². The molecule has 0 amide bonds. The first kappa shape index (κ1) is 9.51. The predicted molar refractivity (Wildman–Crippen MR) is 48.3 cm³/mol. The highest BCUT2D eigenvalue weighted by molar-refractivity contribution is 7.10. The van der Waals surface area contributed by atoms with Crippen molar-refractivity contribution < 1.29 is 9.53 Å². The standard InChI is InChI=1S/C7H8ClNO2S/c1-11-7(10)5(9)6-4(8)2-3-12-6/h2-3,5H,9H2,1H3. The molecule has 3 nitrogen and oxygen atoms in total. The zero-order valence-corrected chi connectivity index (χ0v) is 7.98. The molecule has 0 aromatic carbocycles. The number of hydrogen-bond donors (Lipinski definition) is 1. The maximum atomic E-state index is 11.0. The van der Waals surface area contributed by atoms with E-state index in [1.54, 1.807) is 11.4 Å². The molecule has 0 fully saturated rings. The van der Waals surface area contributed by atoms with E-state index in [-0.39, 0.29) is 0 Å². The number of halogens is 1. The zero-order valence-electron chi connectivity index (χ0n) is 6.41. The maximum Gasteiger partial charge on any atom is 0.328 e. The van der Waals surface area contributed by atoms with Crippen molar-refractivity contribution in [2.45, 2.75) is 6.04 Å². The molecule has 1 aromatic rings. The summed E-state index contributed by atoms with van der Waals surface area (Å²) in [4.78, 5) is 11.6. The quantitative estimate of drug-likeness (QED) is 0.746. The smallest absolute Gasteiger partial charge is 0.328 e. The molecule has 12 heavy (non-hydrogen) atoms. The lowest BCUT2D eigenvalue weighted by molar-refractivity contribution is -0.142. The van der Waals surface area contributed by atoms with Gasteiger partial charge >= 0.3 is 5.97 Å². The molecule has 1 heterocycles. The van der Waals surface area contributed by atoms with E-state index in [0.29, 0.717) is 9.90 Å². The Kier molecular flexibility index (Phi) is 3.08. The van der Waals surface area contributed by atoms with Crippen molar-refractivity contribution in [1.29, 1.82) is 0 Å². The second kappa shape index (κ2) is 3.89. The molecule has 1 unspecified atom stereocenters. The van der Waals surface area contributed by atoms with Gasteiger partial charge in [-0.25, -0.2) is 4.79 Å². The van der Waals surface area contributed by atoms with Gasteiger partial charge in [0.25, 0.3) is 0 Å². The first-order chi connectivity index (χ1) is 5.66. The number of thiophene rings is 1. The average Bonchev–Trinajstić information content (AvgIpc) is 2.48. The Bertz CT molecular complexity index is 287. The van der Waals surface area contributed by atoms with Gasteiger partial charge in [0.2, 0.25) is 0 Å². The summed E-state index contributed by atoms with van der Waals surface area (Å²) in [5.74, 6) is -0.473. The van der Waals surface area contributed by atoms with Crippen LogP contribution in [-0.4, -0.2) is 13.1 Å². The van der Waals surface area contributed by atoms with E-state index in [1.165, 1.54) is 18.4 Å². The largest absolute Gasteiger partial charge is 0.468 e. The van der Waals surface area contributed by atoms with Crippen LogP contribution in [0.4, 0.5) is 0 Å². The molecule has 0 saturated heterocycles. The molecule has 0 radical (unpaired) electrons. The molecule has 66 valence electrons. The Hall–Kier alpha value is -0.580. The number of hydrogen-bond acceptors (Lipinski definition) is 4. The van der Waals surface area contributed by atoms with Gasteiger partial charge in [-0.15, -0.1) is 11.3 Å². The van der Waals surface area contributed by atoms with Crippen LogP contribution in [0.2, 0.25) is 5.02 Å². The summed E-state index contributed by atoms with van der Waals surface area (Å²) in [5.41, 5.74) is 5.55. The number of carbonyl (C=O) groups excluding carboxylic acids is 1. The summed E-state index contributed by atoms with van der Waals surface area (Å²) in [7, 11) is 1.30. The van der Waals surface area contributed by atoms with Gasteiger partial charge in [0, 0.05) is 0 Å². The van der Waals surface area contributed by atoms with Gasteiger partial charge in [-0.2, -0.15) is 0 Å². The molecule has 0 aliphatic heterocycles. The van der Waals surface area contributed by atoms with Crippen molar-refractivity contribution in [2.24, 2.45) is 5.73 Å². The van der Waals surface area contributed by atoms with Crippen LogP contribution in [0.15, 0.2) is 11.4 Å². The fourth-order valence-corrected chi connectivity index (χ4v) is 1.92. The highest BCUT2D eigenvalue weighted by Crippen LogP contribution is 2.27. The summed E-state index contributed by atoms with van der Waals surface area (Å²) in [6, 6.07) is 0.937. The minimum atomic E-state index is -0.762. The third-order valence-corrected chi connectivity index (χ3v) is 2.82. The molecule has 0 aliphatic carbocycles. The van der Waals surface area contributed by atoms with Crippen LogP contribution in [0.5, 0.6) is 0 Å². The second-order valence-corrected chi connectivity index (χ2v) is 3.49. The Balaban J connectivity index is 2.84. The van der Waals surface area contributed by atoms with Crippen molar-refractivity contribution in [3.8, 4) is 0 Å². The summed E-state index contributed by atoms with van der Waals surface area (Å²) < 4.78 is 4.47. The van der Waals surface area contributed by atoms with Crippen LogP contribution >= 0.6 is 22.9 Å². The van der Waals surface area contributed by atoms with E-state index in [9.17, 15) is 4.79 Å². The molecule has 2 N–H and O–H groups in total. The first-order valence-corrected chi connectivity index (χ1v) is 4.49. The van der Waals surface area contributed by atoms with E-state index in [2.05, 4.69) is 4.74 Å². The minimum Gasteiger partial charge on any atom is -0.468 e. The average molecular weight is 206 g/mol. The van der Waals surface area contributed by atoms with E-state index in [1.807, 2.05) is 0 Å². The normalized spacial score (nSPS) is 12.6. The van der Waals surface area contributed by atoms with Gasteiger partial charge in [-0.1, -0.05) is 11.6 Å². The molecule has 0 saturated carbocycles. The van der Waals surface area contributed by atoms with Crippen LogP contribution in [0.3, 0.4) is 0 Å². The topological polar surface area (TPSA) is 52.3 Å². The van der Waals surface area contributed by atoms with Crippen LogP contribution in [0, 0.1) is 0 Å². The Morgan fingerprint density at radius 3 is 2.92 bits per heavy atom. The lowest BCUT2D eigenvalue weighted by atomic mass is 10.2. The van der Waals surface area contributed by atoms with Crippen molar-refractivity contribution >= 4 is 28.9 Å². The lowest BCUT2D eigenvalue weighted by Crippen LogP contribution is -2.21. The Morgan fingerprint density at radius 2 is 2.50 bits per heavy atom. The van der Waals surface area contributed by atoms with Crippen molar-refractivity contribution in [3.05, 3.63) is 21.3 Å². The van der Waals surface area contributed by atoms with Crippen molar-refractivity contribution in [1.82, 2.24) is 0 Å². The minimum absolute atomic E-state index is 0.473. The zero-order chi connectivity index (χ0) is 9.14. The molecular formula is C7H8ClNO2S. The number of carbonyl (C=O) groups is 1. The fraction of sp³-hybridized carbons (Fsp3) is 0.286. The van der Waals surface area contributed by atoms with Gasteiger partial charge in [0.15, 0.2) is 0 Å². The summed E-state index contributed by atoms with van der Waals surface area (Å²) in [6.45, 7) is 0. The third-order valence-electron chi connectivity index (χ3n) is 1.38. The van der Waals surface area contributed by atoms with Gasteiger partial charge in [0.05, 0.1) is 17.0 Å². The SMILES string of the molecule is COC(=O)C(N)c1sccc1Cl. The number of esters is 1. The van der Waals surface area contributed by atoms with E-state index in [0.717, 1.165) is 0 Å². The molecule has 0 bridgehead atoms. The summed E-state index contributed by atoms with van der Waals surface area (Å²) in [5, 5.41) is 2.29. The Morgan fingerprint density at radius 1 is 1.83 bits per heavy atom. The highest BCUT2D eigenvalue weighted by atomic mass is 35.5. The number of ether oxygens (including phenoxy) is 1. The van der Waals surface area contributed by atoms with Gasteiger partial charge in [-0.3, -0.25) is 0 Å². The molecule has 1 atom stereocenters. The molecule has 1 aromatic heterocycles. The fourth-order valence-electron chi connectivity index (χ4n) is 0.761. The summed E-state index contributed by atoms with van der Waals surface area (Å²) >= 11 is 7.10. The van der Waals surface area contributed by atoms with E-state index >= 15 is 0 Å². The van der Waals surface area contributed by atoms with Crippen molar-refractivity contribution in [3.63, 3.8) is 0 Å². The number of nitrogens with two attached hydrogens (primary N) is 1. The Labute approximate surface area is 79.1 Å². The van der Waals surface area contributed by atoms with E-state index < -0.39 is 12.0 Å². The van der Waals surface area contributed by atoms with Gasteiger partial charge < -0.3 is 10.5 Å². The third kappa shape index (κ3) is 1.77. The lowest BCUT2D eigenvalue weighted by Gasteiger charge is -2.06. The summed E-state index contributed by atoms with van der Waals surface area (Å²) in [6.07, 6.45) is 0. The van der Waals surface area contributed by atoms with E-state index in [4.69, 9.17) is 17.3 Å². The highest BCUT2D eigenvalue weighted by Gasteiger charge is 2.19. The predicted octanol–water partition coefficient (Wildman–Crippen LogP) is 1.57. The van der Waals surface area contributed by atoms with Crippen molar-refractivity contribution in [2.75, 3.05) is 7.11 Å².